The summed E-state index contributed by atoms with van der Waals surface area (Å²) >= 11 is 0. The van der Waals surface area contributed by atoms with E-state index in [4.69, 9.17) is 0 Å². The number of amides is 4. The zero-order valence-electron chi connectivity index (χ0n) is 29.4. The first-order valence-electron chi connectivity index (χ1n) is 18.9. The van der Waals surface area contributed by atoms with Gasteiger partial charge < -0.3 is 5.32 Å². The summed E-state index contributed by atoms with van der Waals surface area (Å²) in [5, 5.41) is 2.87. The Morgan fingerprint density at radius 1 is 0.696 bits per heavy atom. The number of carbonyl (C=O) groups excluding carboxylic acids is 4. The monoisotopic (exact) mass is 639 g/mol. The van der Waals surface area contributed by atoms with Crippen molar-refractivity contribution in [3.63, 3.8) is 0 Å². The average molecular weight is 640 g/mol. The number of carbonyl (C=O) groups is 4. The lowest BCUT2D eigenvalue weighted by Gasteiger charge is -2.30. The fourth-order valence-electron chi connectivity index (χ4n) is 6.39. The second-order valence-corrected chi connectivity index (χ2v) is 13.4. The molecule has 1 atom stereocenters. The molecule has 0 saturated carbocycles. The van der Waals surface area contributed by atoms with Crippen molar-refractivity contribution in [2.24, 2.45) is 0 Å². The number of nitrogens with zero attached hydrogens (tertiary/aromatic N) is 2. The van der Waals surface area contributed by atoms with Crippen LogP contribution in [-0.2, 0) is 25.6 Å². The molecule has 7 heteroatoms. The fraction of sp³-hybridized carbons (Fsp3) is 0.744. The lowest BCUT2D eigenvalue weighted by atomic mass is 10.0. The van der Waals surface area contributed by atoms with E-state index in [1.54, 1.807) is 12.1 Å². The Hall–Kier alpha value is -2.54. The summed E-state index contributed by atoms with van der Waals surface area (Å²) < 4.78 is 0. The van der Waals surface area contributed by atoms with Crippen LogP contribution < -0.4 is 5.32 Å². The molecule has 0 radical (unpaired) electrons. The van der Waals surface area contributed by atoms with Crippen LogP contribution in [0.5, 0.6) is 0 Å². The molecule has 1 fully saturated rings. The second kappa shape index (κ2) is 25.5. The molecule has 1 heterocycles. The Balaban J connectivity index is 1.80. The van der Waals surface area contributed by atoms with E-state index in [0.717, 1.165) is 36.4 Å². The van der Waals surface area contributed by atoms with Gasteiger partial charge in [0.2, 0.25) is 17.7 Å². The highest BCUT2D eigenvalue weighted by Gasteiger charge is 2.39. The molecule has 1 aliphatic heterocycles. The number of rotatable bonds is 27. The first kappa shape index (κ1) is 39.6. The number of imide groups is 3. The van der Waals surface area contributed by atoms with Crippen molar-refractivity contribution in [1.29, 1.82) is 0 Å². The highest BCUT2D eigenvalue weighted by Crippen LogP contribution is 2.17. The average Bonchev–Trinajstić information content (AvgIpc) is 3.04. The third-order valence-corrected chi connectivity index (χ3v) is 9.22. The first-order valence-corrected chi connectivity index (χ1v) is 18.9. The van der Waals surface area contributed by atoms with Crippen molar-refractivity contribution < 1.29 is 19.2 Å². The van der Waals surface area contributed by atoms with Gasteiger partial charge in [0.25, 0.3) is 5.91 Å². The van der Waals surface area contributed by atoms with Gasteiger partial charge in [0, 0.05) is 6.42 Å². The number of unbranched alkanes of at least 4 members (excludes halogenated alkanes) is 18. The van der Waals surface area contributed by atoms with Crippen LogP contribution in [0, 0.1) is 0 Å². The molecule has 1 unspecified atom stereocenters. The summed E-state index contributed by atoms with van der Waals surface area (Å²) in [5.74, 6) is -1.84. The standard InChI is InChI=1S/C39H65N3O4/c1-3-5-7-9-11-13-15-17-19-24-30-41(31-25-20-18-16-14-12-10-8-6-4-2)33-36(43)40-35-28-29-37(44)42(39(35)46)38(45)32-34-26-22-21-23-27-34/h21-23,26-27,35H,3-20,24-25,28-33H2,1-2H3,(H,40,43). The summed E-state index contributed by atoms with van der Waals surface area (Å²) in [6.07, 6.45) is 25.8. The van der Waals surface area contributed by atoms with Gasteiger partial charge in [-0.3, -0.25) is 24.1 Å². The van der Waals surface area contributed by atoms with Gasteiger partial charge in [-0.15, -0.1) is 0 Å². The van der Waals surface area contributed by atoms with Crippen molar-refractivity contribution >= 4 is 23.6 Å². The highest BCUT2D eigenvalue weighted by atomic mass is 16.2. The Morgan fingerprint density at radius 3 is 1.63 bits per heavy atom. The Labute approximate surface area is 280 Å². The molecule has 7 nitrogen and oxygen atoms in total. The molecular formula is C39H65N3O4. The second-order valence-electron chi connectivity index (χ2n) is 13.4. The number of hydrogen-bond acceptors (Lipinski definition) is 5. The number of piperidine rings is 1. The molecule has 4 amide bonds. The number of likely N-dealkylation sites (tertiary alicyclic amines) is 1. The van der Waals surface area contributed by atoms with Crippen LogP contribution in [0.3, 0.4) is 0 Å². The van der Waals surface area contributed by atoms with Gasteiger partial charge in [0.05, 0.1) is 13.0 Å². The minimum absolute atomic E-state index is 0.0233. The van der Waals surface area contributed by atoms with E-state index in [1.165, 1.54) is 116 Å². The number of nitrogens with one attached hydrogen (secondary N) is 1. The van der Waals surface area contributed by atoms with E-state index in [2.05, 4.69) is 24.1 Å². The van der Waals surface area contributed by atoms with Gasteiger partial charge >= 0.3 is 0 Å². The molecule has 1 aromatic carbocycles. The van der Waals surface area contributed by atoms with Crippen molar-refractivity contribution in [1.82, 2.24) is 15.1 Å². The van der Waals surface area contributed by atoms with Crippen LogP contribution in [0.15, 0.2) is 30.3 Å². The lowest BCUT2D eigenvalue weighted by Crippen LogP contribution is -2.57. The van der Waals surface area contributed by atoms with Crippen molar-refractivity contribution in [3.05, 3.63) is 35.9 Å². The SMILES string of the molecule is CCCCCCCCCCCCN(CCCCCCCCCCCC)CC(=O)NC1CCC(=O)N(C(=O)Cc2ccccc2)C1=O. The lowest BCUT2D eigenvalue weighted by molar-refractivity contribution is -0.158. The molecule has 0 spiro atoms. The summed E-state index contributed by atoms with van der Waals surface area (Å²) in [6, 6.07) is 8.25. The normalized spacial score (nSPS) is 15.1. The molecule has 1 aromatic rings. The quantitative estimate of drug-likeness (QED) is 0.0770. The summed E-state index contributed by atoms with van der Waals surface area (Å²) in [7, 11) is 0. The maximum absolute atomic E-state index is 13.2. The van der Waals surface area contributed by atoms with Gasteiger partial charge in [0.15, 0.2) is 0 Å². The zero-order valence-corrected chi connectivity index (χ0v) is 29.4. The van der Waals surface area contributed by atoms with Gasteiger partial charge in [0.1, 0.15) is 6.04 Å². The minimum atomic E-state index is -0.846. The molecule has 0 bridgehead atoms. The summed E-state index contributed by atoms with van der Waals surface area (Å²) in [5.41, 5.74) is 0.744. The third kappa shape index (κ3) is 17.4. The Morgan fingerprint density at radius 2 is 1.15 bits per heavy atom. The van der Waals surface area contributed by atoms with Gasteiger partial charge in [-0.05, 0) is 37.9 Å². The summed E-state index contributed by atoms with van der Waals surface area (Å²) in [6.45, 7) is 6.50. The van der Waals surface area contributed by atoms with Crippen LogP contribution in [0.25, 0.3) is 0 Å². The molecular weight excluding hydrogens is 574 g/mol. The number of hydrogen-bond donors (Lipinski definition) is 1. The van der Waals surface area contributed by atoms with Crippen LogP contribution in [0.4, 0.5) is 0 Å². The van der Waals surface area contributed by atoms with Crippen LogP contribution in [-0.4, -0.2) is 59.1 Å². The van der Waals surface area contributed by atoms with Crippen molar-refractivity contribution in [2.45, 2.75) is 168 Å². The molecule has 2 rings (SSSR count). The molecule has 260 valence electrons. The fourth-order valence-corrected chi connectivity index (χ4v) is 6.39. The number of benzene rings is 1. The Bertz CT molecular complexity index is 959. The molecule has 46 heavy (non-hydrogen) atoms. The topological polar surface area (TPSA) is 86.8 Å². The Kier molecular flexibility index (Phi) is 22.0. The highest BCUT2D eigenvalue weighted by molar-refractivity contribution is 6.14. The summed E-state index contributed by atoms with van der Waals surface area (Å²) in [4.78, 5) is 54.8. The third-order valence-electron chi connectivity index (χ3n) is 9.22. The molecule has 0 aromatic heterocycles. The zero-order chi connectivity index (χ0) is 33.2. The predicted octanol–water partition coefficient (Wildman–Crippen LogP) is 8.53. The van der Waals surface area contributed by atoms with E-state index < -0.39 is 23.8 Å². The molecule has 1 N–H and O–H groups in total. The van der Waals surface area contributed by atoms with E-state index >= 15 is 0 Å². The molecule has 1 aliphatic rings. The van der Waals surface area contributed by atoms with E-state index in [9.17, 15) is 19.2 Å². The van der Waals surface area contributed by atoms with E-state index in [1.807, 2.05) is 18.2 Å². The van der Waals surface area contributed by atoms with E-state index in [0.29, 0.717) is 0 Å². The molecule has 1 saturated heterocycles. The minimum Gasteiger partial charge on any atom is -0.343 e. The van der Waals surface area contributed by atoms with E-state index in [-0.39, 0.29) is 31.7 Å². The largest absolute Gasteiger partial charge is 0.343 e. The van der Waals surface area contributed by atoms with Crippen LogP contribution in [0.1, 0.15) is 161 Å². The first-order chi connectivity index (χ1) is 22.5. The van der Waals surface area contributed by atoms with Gasteiger partial charge in [-0.25, -0.2) is 4.90 Å². The van der Waals surface area contributed by atoms with Crippen LogP contribution in [0.2, 0.25) is 0 Å². The smallest absolute Gasteiger partial charge is 0.258 e. The van der Waals surface area contributed by atoms with Crippen LogP contribution >= 0.6 is 0 Å². The maximum Gasteiger partial charge on any atom is 0.258 e. The van der Waals surface area contributed by atoms with Crippen molar-refractivity contribution in [3.8, 4) is 0 Å². The maximum atomic E-state index is 13.2. The van der Waals surface area contributed by atoms with Gasteiger partial charge in [-0.2, -0.15) is 0 Å². The molecule has 0 aliphatic carbocycles. The van der Waals surface area contributed by atoms with Gasteiger partial charge in [-0.1, -0.05) is 160 Å². The van der Waals surface area contributed by atoms with Crippen molar-refractivity contribution in [2.75, 3.05) is 19.6 Å². The predicted molar refractivity (Wildman–Crippen MR) is 188 cm³/mol.